The van der Waals surface area contributed by atoms with Crippen molar-refractivity contribution in [1.82, 2.24) is 4.98 Å². The summed E-state index contributed by atoms with van der Waals surface area (Å²) in [7, 11) is 0. The van der Waals surface area contributed by atoms with Gasteiger partial charge in [0.15, 0.2) is 10.9 Å². The van der Waals surface area contributed by atoms with E-state index in [-0.39, 0.29) is 30.3 Å². The number of thiazole rings is 1. The average Bonchev–Trinajstić information content (AvgIpc) is 3.22. The fourth-order valence-electron chi connectivity index (χ4n) is 2.11. The van der Waals surface area contributed by atoms with Gasteiger partial charge >= 0.3 is 0 Å². The van der Waals surface area contributed by atoms with Gasteiger partial charge in [0, 0.05) is 23.8 Å². The Labute approximate surface area is 156 Å². The lowest BCUT2D eigenvalue weighted by Crippen LogP contribution is -2.13. The Morgan fingerprint density at radius 3 is 2.76 bits per heavy atom. The molecule has 0 spiro atoms. The molecule has 0 aliphatic carbocycles. The van der Waals surface area contributed by atoms with Crippen LogP contribution in [0.2, 0.25) is 4.34 Å². The molecule has 1 aromatic carbocycles. The molecule has 0 aliphatic rings. The van der Waals surface area contributed by atoms with Crippen molar-refractivity contribution in [2.45, 2.75) is 12.8 Å². The molecule has 0 atom stereocenters. The Bertz CT molecular complexity index is 923. The monoisotopic (exact) mass is 394 g/mol. The van der Waals surface area contributed by atoms with Crippen molar-refractivity contribution in [3.63, 3.8) is 0 Å². The van der Waals surface area contributed by atoms with Crippen molar-refractivity contribution in [1.29, 1.82) is 0 Å². The average molecular weight is 395 g/mol. The molecule has 0 fully saturated rings. The van der Waals surface area contributed by atoms with E-state index in [9.17, 15) is 14.0 Å². The fraction of sp³-hybridized carbons (Fsp3) is 0.118. The van der Waals surface area contributed by atoms with Crippen LogP contribution in [-0.2, 0) is 4.79 Å². The van der Waals surface area contributed by atoms with E-state index in [0.29, 0.717) is 25.6 Å². The first kappa shape index (κ1) is 17.7. The third kappa shape index (κ3) is 4.72. The van der Waals surface area contributed by atoms with Crippen LogP contribution in [0.1, 0.15) is 22.5 Å². The van der Waals surface area contributed by atoms with E-state index >= 15 is 0 Å². The largest absolute Gasteiger partial charge is 0.302 e. The second-order valence-corrected chi connectivity index (χ2v) is 7.70. The minimum absolute atomic E-state index is 0.0588. The lowest BCUT2D eigenvalue weighted by molar-refractivity contribution is -0.116. The molecular formula is C17H12ClFN2O2S2. The van der Waals surface area contributed by atoms with Crippen LogP contribution < -0.4 is 5.32 Å². The lowest BCUT2D eigenvalue weighted by Gasteiger charge is -2.01. The molecule has 1 N–H and O–H groups in total. The Morgan fingerprint density at radius 2 is 2.04 bits per heavy atom. The van der Waals surface area contributed by atoms with Gasteiger partial charge in [-0.25, -0.2) is 9.37 Å². The summed E-state index contributed by atoms with van der Waals surface area (Å²) in [5.41, 5.74) is 1.23. The minimum atomic E-state index is -0.344. The fourth-order valence-corrected chi connectivity index (χ4v) is 3.85. The number of nitrogens with one attached hydrogen (secondary N) is 1. The van der Waals surface area contributed by atoms with Crippen molar-refractivity contribution in [3.8, 4) is 11.3 Å². The Balaban J connectivity index is 1.56. The van der Waals surface area contributed by atoms with E-state index in [0.717, 1.165) is 0 Å². The highest BCUT2D eigenvalue weighted by Crippen LogP contribution is 2.26. The SMILES string of the molecule is O=C(CCC(=O)c1ccc(Cl)s1)Nc1nc(-c2cccc(F)c2)cs1. The highest BCUT2D eigenvalue weighted by molar-refractivity contribution is 7.18. The number of nitrogens with zero attached hydrogens (tertiary/aromatic N) is 1. The van der Waals surface area contributed by atoms with Gasteiger partial charge in [-0.05, 0) is 24.3 Å². The Morgan fingerprint density at radius 1 is 1.20 bits per heavy atom. The topological polar surface area (TPSA) is 59.1 Å². The lowest BCUT2D eigenvalue weighted by atomic mass is 10.2. The first-order valence-corrected chi connectivity index (χ1v) is 9.38. The minimum Gasteiger partial charge on any atom is -0.302 e. The number of hydrogen-bond donors (Lipinski definition) is 1. The summed E-state index contributed by atoms with van der Waals surface area (Å²) >= 11 is 8.24. The third-order valence-corrected chi connectivity index (χ3v) is 5.33. The number of anilines is 1. The molecule has 2 aromatic heterocycles. The van der Waals surface area contributed by atoms with E-state index < -0.39 is 0 Å². The van der Waals surface area contributed by atoms with E-state index in [4.69, 9.17) is 11.6 Å². The van der Waals surface area contributed by atoms with E-state index in [2.05, 4.69) is 10.3 Å². The summed E-state index contributed by atoms with van der Waals surface area (Å²) in [4.78, 5) is 28.7. The van der Waals surface area contributed by atoms with Crippen molar-refractivity contribution in [2.75, 3.05) is 5.32 Å². The van der Waals surface area contributed by atoms with Crippen LogP contribution in [0.4, 0.5) is 9.52 Å². The van der Waals surface area contributed by atoms with Crippen molar-refractivity contribution >= 4 is 51.1 Å². The number of hydrogen-bond acceptors (Lipinski definition) is 5. The summed E-state index contributed by atoms with van der Waals surface area (Å²) in [5.74, 6) is -0.758. The van der Waals surface area contributed by atoms with Crippen molar-refractivity contribution in [2.24, 2.45) is 0 Å². The molecule has 0 radical (unpaired) electrons. The first-order chi connectivity index (χ1) is 12.0. The van der Waals surface area contributed by atoms with Crippen LogP contribution in [0.15, 0.2) is 41.8 Å². The molecule has 0 saturated heterocycles. The molecule has 4 nitrogen and oxygen atoms in total. The zero-order valence-electron chi connectivity index (χ0n) is 12.8. The molecule has 0 saturated carbocycles. The highest BCUT2D eigenvalue weighted by atomic mass is 35.5. The van der Waals surface area contributed by atoms with Gasteiger partial charge in [-0.2, -0.15) is 0 Å². The van der Waals surface area contributed by atoms with E-state index in [1.165, 1.54) is 34.8 Å². The molecule has 1 amide bonds. The van der Waals surface area contributed by atoms with E-state index in [1.807, 2.05) is 0 Å². The normalized spacial score (nSPS) is 10.6. The van der Waals surface area contributed by atoms with Crippen LogP contribution in [0, 0.1) is 5.82 Å². The van der Waals surface area contributed by atoms with Gasteiger partial charge in [0.2, 0.25) is 5.91 Å². The van der Waals surface area contributed by atoms with E-state index in [1.54, 1.807) is 29.6 Å². The summed E-state index contributed by atoms with van der Waals surface area (Å²) in [6, 6.07) is 9.39. The predicted molar refractivity (Wildman–Crippen MR) is 99.0 cm³/mol. The molecule has 3 aromatic rings. The Hall–Kier alpha value is -2.09. The van der Waals surface area contributed by atoms with Gasteiger partial charge in [0.25, 0.3) is 0 Å². The van der Waals surface area contributed by atoms with Gasteiger partial charge in [-0.15, -0.1) is 22.7 Å². The number of ketones is 1. The van der Waals surface area contributed by atoms with Gasteiger partial charge in [-0.1, -0.05) is 23.7 Å². The molecule has 0 aliphatic heterocycles. The standard InChI is InChI=1S/C17H12ClFN2O2S2/c18-15-6-5-14(25-15)13(22)4-7-16(23)21-17-20-12(9-24-17)10-2-1-3-11(19)8-10/h1-3,5-6,8-9H,4,7H2,(H,20,21,23). The second-order valence-electron chi connectivity index (χ2n) is 5.12. The third-order valence-electron chi connectivity index (χ3n) is 3.30. The molecule has 0 unspecified atom stereocenters. The number of rotatable bonds is 6. The smallest absolute Gasteiger partial charge is 0.226 e. The van der Waals surface area contributed by atoms with Crippen molar-refractivity contribution < 1.29 is 14.0 Å². The summed E-state index contributed by atoms with van der Waals surface area (Å²) in [6.07, 6.45) is 0.161. The van der Waals surface area contributed by atoms with Crippen LogP contribution in [0.3, 0.4) is 0 Å². The molecule has 128 valence electrons. The molecule has 3 rings (SSSR count). The number of halogens is 2. The molecule has 2 heterocycles. The number of thiophene rings is 1. The van der Waals surface area contributed by atoms with Crippen LogP contribution in [0.5, 0.6) is 0 Å². The van der Waals surface area contributed by atoms with Gasteiger partial charge in [0.1, 0.15) is 5.82 Å². The maximum absolute atomic E-state index is 13.3. The quantitative estimate of drug-likeness (QED) is 0.579. The maximum atomic E-state index is 13.3. The van der Waals surface area contributed by atoms with Crippen LogP contribution in [0.25, 0.3) is 11.3 Å². The van der Waals surface area contributed by atoms with Crippen LogP contribution >= 0.6 is 34.3 Å². The zero-order chi connectivity index (χ0) is 17.8. The number of amides is 1. The van der Waals surface area contributed by atoms with Gasteiger partial charge < -0.3 is 5.32 Å². The first-order valence-electron chi connectivity index (χ1n) is 7.31. The summed E-state index contributed by atoms with van der Waals surface area (Å²) in [6.45, 7) is 0. The predicted octanol–water partition coefficient (Wildman–Crippen LogP) is 5.27. The number of Topliss-reactive ketones (excluding diaryl/α,β-unsaturated/α-hetero) is 1. The number of benzene rings is 1. The highest BCUT2D eigenvalue weighted by Gasteiger charge is 2.13. The van der Waals surface area contributed by atoms with Crippen molar-refractivity contribution in [3.05, 3.63) is 56.8 Å². The zero-order valence-corrected chi connectivity index (χ0v) is 15.2. The van der Waals surface area contributed by atoms with Gasteiger partial charge in [-0.3, -0.25) is 9.59 Å². The molecule has 8 heteroatoms. The Kier molecular flexibility index (Phi) is 5.57. The van der Waals surface area contributed by atoms with Gasteiger partial charge in [0.05, 0.1) is 14.9 Å². The number of carbonyl (C=O) groups is 2. The van der Waals surface area contributed by atoms with Crippen LogP contribution in [-0.4, -0.2) is 16.7 Å². The summed E-state index contributed by atoms with van der Waals surface area (Å²) < 4.78 is 13.8. The summed E-state index contributed by atoms with van der Waals surface area (Å²) in [5, 5.41) is 4.81. The number of carbonyl (C=O) groups excluding carboxylic acids is 2. The molecular weight excluding hydrogens is 383 g/mol. The maximum Gasteiger partial charge on any atom is 0.226 e. The number of aromatic nitrogens is 1. The molecule has 0 bridgehead atoms. The second kappa shape index (κ2) is 7.86. The molecule has 25 heavy (non-hydrogen) atoms.